The summed E-state index contributed by atoms with van der Waals surface area (Å²) in [7, 11) is 0. The Morgan fingerprint density at radius 1 is 1.31 bits per heavy atom. The molecule has 1 aromatic heterocycles. The fourth-order valence-corrected chi connectivity index (χ4v) is 2.81. The van der Waals surface area contributed by atoms with Gasteiger partial charge in [-0.1, -0.05) is 26.2 Å². The van der Waals surface area contributed by atoms with Gasteiger partial charge in [-0.3, -0.25) is 0 Å². The van der Waals surface area contributed by atoms with Crippen molar-refractivity contribution in [2.45, 2.75) is 52.5 Å². The lowest BCUT2D eigenvalue weighted by atomic mass is 9.81. The molecule has 0 bridgehead atoms. The summed E-state index contributed by atoms with van der Waals surface area (Å²) in [5.41, 5.74) is 6.89. The first-order valence-electron chi connectivity index (χ1n) is 6.48. The number of rotatable bonds is 3. The van der Waals surface area contributed by atoms with E-state index in [1.807, 2.05) is 6.92 Å². The summed E-state index contributed by atoms with van der Waals surface area (Å²) in [5, 5.41) is 0. The number of nitrogens with zero attached hydrogens (tertiary/aromatic N) is 2. The molecule has 0 atom stereocenters. The van der Waals surface area contributed by atoms with E-state index in [1.54, 1.807) is 0 Å². The molecular formula is C13H23N3. The fraction of sp³-hybridized carbons (Fsp3) is 0.769. The second kappa shape index (κ2) is 4.89. The van der Waals surface area contributed by atoms with E-state index in [9.17, 15) is 0 Å². The molecule has 0 amide bonds. The average molecular weight is 221 g/mol. The number of aryl methyl sites for hydroxylation is 1. The molecule has 0 radical (unpaired) electrons. The number of imidazole rings is 1. The molecular weight excluding hydrogens is 198 g/mol. The van der Waals surface area contributed by atoms with Crippen LogP contribution in [0.5, 0.6) is 0 Å². The average Bonchev–Trinajstić information content (AvgIpc) is 2.59. The maximum Gasteiger partial charge on any atom is 0.200 e. The summed E-state index contributed by atoms with van der Waals surface area (Å²) in [5.74, 6) is 2.45. The molecule has 1 fully saturated rings. The third-order valence-electron chi connectivity index (χ3n) is 3.93. The van der Waals surface area contributed by atoms with Crippen LogP contribution >= 0.6 is 0 Å². The van der Waals surface area contributed by atoms with Gasteiger partial charge in [0, 0.05) is 12.7 Å². The third-order valence-corrected chi connectivity index (χ3v) is 3.93. The van der Waals surface area contributed by atoms with E-state index in [0.29, 0.717) is 5.95 Å². The van der Waals surface area contributed by atoms with Gasteiger partial charge in [-0.25, -0.2) is 4.98 Å². The Labute approximate surface area is 98.1 Å². The number of hydrogen-bond donors (Lipinski definition) is 1. The molecule has 2 N–H and O–H groups in total. The Hall–Kier alpha value is -0.990. The van der Waals surface area contributed by atoms with E-state index in [4.69, 9.17) is 5.73 Å². The molecule has 2 rings (SSSR count). The smallest absolute Gasteiger partial charge is 0.200 e. The fourth-order valence-electron chi connectivity index (χ4n) is 2.81. The minimum Gasteiger partial charge on any atom is -0.369 e. The van der Waals surface area contributed by atoms with E-state index >= 15 is 0 Å². The molecule has 1 saturated carbocycles. The van der Waals surface area contributed by atoms with Gasteiger partial charge in [0.05, 0.1) is 5.69 Å². The lowest BCUT2D eigenvalue weighted by Gasteiger charge is -2.28. The molecule has 1 heterocycles. The monoisotopic (exact) mass is 221 g/mol. The molecule has 3 heteroatoms. The summed E-state index contributed by atoms with van der Waals surface area (Å²) in [6, 6.07) is 0. The number of aromatic nitrogens is 2. The van der Waals surface area contributed by atoms with Crippen LogP contribution in [0.2, 0.25) is 0 Å². The molecule has 90 valence electrons. The number of nitrogens with two attached hydrogens (primary N) is 1. The summed E-state index contributed by atoms with van der Waals surface area (Å²) in [6.45, 7) is 5.37. The van der Waals surface area contributed by atoms with Crippen molar-refractivity contribution in [2.24, 2.45) is 11.8 Å². The normalized spacial score (nSPS) is 25.9. The van der Waals surface area contributed by atoms with Crippen molar-refractivity contribution < 1.29 is 0 Å². The minimum atomic E-state index is 0.676. The molecule has 0 spiro atoms. The van der Waals surface area contributed by atoms with Gasteiger partial charge >= 0.3 is 0 Å². The van der Waals surface area contributed by atoms with Crippen molar-refractivity contribution in [2.75, 3.05) is 5.73 Å². The second-order valence-corrected chi connectivity index (χ2v) is 5.19. The third kappa shape index (κ3) is 2.57. The van der Waals surface area contributed by atoms with Crippen molar-refractivity contribution in [3.05, 3.63) is 11.9 Å². The zero-order chi connectivity index (χ0) is 11.5. The van der Waals surface area contributed by atoms with E-state index in [1.165, 1.54) is 32.1 Å². The van der Waals surface area contributed by atoms with E-state index in [0.717, 1.165) is 24.1 Å². The first kappa shape index (κ1) is 11.5. The Morgan fingerprint density at radius 2 is 1.94 bits per heavy atom. The molecule has 0 aliphatic heterocycles. The van der Waals surface area contributed by atoms with Crippen LogP contribution in [0.15, 0.2) is 6.20 Å². The topological polar surface area (TPSA) is 43.8 Å². The summed E-state index contributed by atoms with van der Waals surface area (Å²) in [6.07, 6.45) is 8.92. The number of anilines is 1. The van der Waals surface area contributed by atoms with Gasteiger partial charge in [0.15, 0.2) is 5.95 Å². The van der Waals surface area contributed by atoms with E-state index < -0.39 is 0 Å². The van der Waals surface area contributed by atoms with Crippen LogP contribution in [0.25, 0.3) is 0 Å². The number of nitrogen functional groups attached to an aromatic ring is 1. The van der Waals surface area contributed by atoms with Crippen molar-refractivity contribution in [1.82, 2.24) is 9.55 Å². The number of hydrogen-bond acceptors (Lipinski definition) is 2. The summed E-state index contributed by atoms with van der Waals surface area (Å²) in [4.78, 5) is 4.25. The molecule has 3 nitrogen and oxygen atoms in total. The second-order valence-electron chi connectivity index (χ2n) is 5.19. The van der Waals surface area contributed by atoms with Crippen molar-refractivity contribution in [3.63, 3.8) is 0 Å². The molecule has 1 aliphatic carbocycles. The minimum absolute atomic E-state index is 0.676. The van der Waals surface area contributed by atoms with Crippen LogP contribution in [0.4, 0.5) is 5.95 Å². The Kier molecular flexibility index (Phi) is 3.52. The van der Waals surface area contributed by atoms with Gasteiger partial charge in [-0.15, -0.1) is 0 Å². The molecule has 0 saturated heterocycles. The summed E-state index contributed by atoms with van der Waals surface area (Å²) >= 11 is 0. The predicted molar refractivity (Wildman–Crippen MR) is 67.1 cm³/mol. The maximum absolute atomic E-state index is 5.86. The first-order valence-corrected chi connectivity index (χ1v) is 6.48. The highest BCUT2D eigenvalue weighted by molar-refractivity contribution is 5.21. The zero-order valence-electron chi connectivity index (χ0n) is 10.4. The van der Waals surface area contributed by atoms with Crippen LogP contribution in [0.1, 0.15) is 44.7 Å². The van der Waals surface area contributed by atoms with E-state index in [-0.39, 0.29) is 0 Å². The quantitative estimate of drug-likeness (QED) is 0.852. The van der Waals surface area contributed by atoms with E-state index in [2.05, 4.69) is 22.7 Å². The van der Waals surface area contributed by atoms with Crippen LogP contribution < -0.4 is 5.73 Å². The van der Waals surface area contributed by atoms with Gasteiger partial charge in [0.1, 0.15) is 0 Å². The largest absolute Gasteiger partial charge is 0.369 e. The molecule has 1 aromatic rings. The van der Waals surface area contributed by atoms with Gasteiger partial charge in [-0.2, -0.15) is 0 Å². The lowest BCUT2D eigenvalue weighted by molar-refractivity contribution is 0.248. The zero-order valence-corrected chi connectivity index (χ0v) is 10.4. The Morgan fingerprint density at radius 3 is 2.44 bits per heavy atom. The highest BCUT2D eigenvalue weighted by Crippen LogP contribution is 2.31. The van der Waals surface area contributed by atoms with Crippen LogP contribution in [0, 0.1) is 18.8 Å². The molecule has 0 aromatic carbocycles. The highest BCUT2D eigenvalue weighted by atomic mass is 15.1. The SMILES string of the molecule is CCC1CCC(Cn2cc(C)nc2N)CC1. The van der Waals surface area contributed by atoms with Gasteiger partial charge < -0.3 is 10.3 Å². The Bertz CT molecular complexity index is 335. The maximum atomic E-state index is 5.86. The van der Waals surface area contributed by atoms with Crippen LogP contribution in [-0.2, 0) is 6.54 Å². The molecule has 16 heavy (non-hydrogen) atoms. The van der Waals surface area contributed by atoms with Crippen molar-refractivity contribution >= 4 is 5.95 Å². The van der Waals surface area contributed by atoms with Crippen molar-refractivity contribution in [3.8, 4) is 0 Å². The van der Waals surface area contributed by atoms with Gasteiger partial charge in [0.25, 0.3) is 0 Å². The summed E-state index contributed by atoms with van der Waals surface area (Å²) < 4.78 is 2.12. The van der Waals surface area contributed by atoms with Gasteiger partial charge in [-0.05, 0) is 31.6 Å². The molecule has 1 aliphatic rings. The van der Waals surface area contributed by atoms with Crippen LogP contribution in [-0.4, -0.2) is 9.55 Å². The van der Waals surface area contributed by atoms with Crippen molar-refractivity contribution in [1.29, 1.82) is 0 Å². The van der Waals surface area contributed by atoms with Gasteiger partial charge in [0.2, 0.25) is 0 Å². The first-order chi connectivity index (χ1) is 7.69. The highest BCUT2D eigenvalue weighted by Gasteiger charge is 2.20. The van der Waals surface area contributed by atoms with Crippen LogP contribution in [0.3, 0.4) is 0 Å². The predicted octanol–water partition coefficient (Wildman–Crippen LogP) is 2.99. The standard InChI is InChI=1S/C13H23N3/c1-3-11-4-6-12(7-5-11)9-16-8-10(2)15-13(16)14/h8,11-12H,3-7,9H2,1-2H3,(H2,14,15). The lowest BCUT2D eigenvalue weighted by Crippen LogP contribution is -2.19. The molecule has 0 unspecified atom stereocenters. The Balaban J connectivity index is 1.89.